The first-order valence-electron chi connectivity index (χ1n) is 8.99. The van der Waals surface area contributed by atoms with E-state index in [0.29, 0.717) is 10.8 Å². The summed E-state index contributed by atoms with van der Waals surface area (Å²) in [6, 6.07) is 3.44. The van der Waals surface area contributed by atoms with E-state index in [0.717, 1.165) is 36.7 Å². The first-order chi connectivity index (χ1) is 12.8. The van der Waals surface area contributed by atoms with Gasteiger partial charge in [-0.25, -0.2) is 13.1 Å². The molecule has 0 unspecified atom stereocenters. The van der Waals surface area contributed by atoms with Crippen molar-refractivity contribution in [1.82, 2.24) is 9.88 Å². The number of alkyl halides is 3. The van der Waals surface area contributed by atoms with Gasteiger partial charge in [-0.3, -0.25) is 0 Å². The molecule has 0 aromatic carbocycles. The second-order valence-corrected chi connectivity index (χ2v) is 11.7. The summed E-state index contributed by atoms with van der Waals surface area (Å²) >= 11 is 0.879. The summed E-state index contributed by atoms with van der Waals surface area (Å²) in [5, 5.41) is 3.42. The molecule has 2 aliphatic carbocycles. The van der Waals surface area contributed by atoms with Gasteiger partial charge in [0.2, 0.25) is 15.8 Å². The van der Waals surface area contributed by atoms with E-state index in [4.69, 9.17) is 0 Å². The van der Waals surface area contributed by atoms with Crippen molar-refractivity contribution in [1.29, 1.82) is 0 Å². The Kier molecular flexibility index (Phi) is 4.31. The van der Waals surface area contributed by atoms with Crippen molar-refractivity contribution in [2.75, 3.05) is 0 Å². The molecular formula is C18H21F3N2O3S2. The van der Waals surface area contributed by atoms with Crippen LogP contribution in [-0.4, -0.2) is 19.6 Å². The normalized spacial score (nSPS) is 29.5. The highest BCUT2D eigenvalue weighted by molar-refractivity contribution is 7.91. The van der Waals surface area contributed by atoms with E-state index in [2.05, 4.69) is 35.2 Å². The van der Waals surface area contributed by atoms with Gasteiger partial charge in [-0.15, -0.1) is 11.3 Å². The first-order valence-corrected chi connectivity index (χ1v) is 11.3. The van der Waals surface area contributed by atoms with Crippen molar-refractivity contribution in [3.05, 3.63) is 24.0 Å². The molecule has 4 rings (SSSR count). The minimum atomic E-state index is -4.64. The molecule has 2 bridgehead atoms. The Morgan fingerprint density at radius 1 is 1.29 bits per heavy atom. The van der Waals surface area contributed by atoms with Gasteiger partial charge in [-0.1, -0.05) is 25.9 Å². The first kappa shape index (κ1) is 19.9. The van der Waals surface area contributed by atoms with Gasteiger partial charge in [0.05, 0.1) is 4.88 Å². The molecule has 0 amide bonds. The van der Waals surface area contributed by atoms with Gasteiger partial charge in [0, 0.05) is 12.1 Å². The van der Waals surface area contributed by atoms with Crippen LogP contribution in [0.1, 0.15) is 45.8 Å². The zero-order valence-electron chi connectivity index (χ0n) is 15.6. The third-order valence-electron chi connectivity index (χ3n) is 6.43. The molecule has 2 aliphatic rings. The Morgan fingerprint density at radius 2 is 2.00 bits per heavy atom. The van der Waals surface area contributed by atoms with Crippen LogP contribution in [-0.2, 0) is 16.2 Å². The molecule has 2 aromatic heterocycles. The van der Waals surface area contributed by atoms with Gasteiger partial charge >= 0.3 is 6.18 Å². The van der Waals surface area contributed by atoms with Gasteiger partial charge in [-0.2, -0.15) is 13.2 Å². The molecule has 10 heteroatoms. The van der Waals surface area contributed by atoms with Crippen LogP contribution < -0.4 is 4.72 Å². The zero-order chi connectivity index (χ0) is 20.5. The van der Waals surface area contributed by atoms with Crippen LogP contribution >= 0.6 is 11.3 Å². The number of nitrogens with one attached hydrogen (secondary N) is 1. The highest BCUT2D eigenvalue weighted by atomic mass is 32.2. The predicted octanol–water partition coefficient (Wildman–Crippen LogP) is 4.92. The van der Waals surface area contributed by atoms with Crippen LogP contribution in [0.5, 0.6) is 0 Å². The van der Waals surface area contributed by atoms with Gasteiger partial charge in [-0.05, 0) is 48.1 Å². The fourth-order valence-corrected chi connectivity index (χ4v) is 7.74. The average molecular weight is 435 g/mol. The maximum atomic E-state index is 13.0. The van der Waals surface area contributed by atoms with E-state index in [1.54, 1.807) is 0 Å². The molecular weight excluding hydrogens is 413 g/mol. The van der Waals surface area contributed by atoms with E-state index in [9.17, 15) is 21.6 Å². The molecule has 28 heavy (non-hydrogen) atoms. The SMILES string of the molecule is CC1(C)[C@H]2CC[C@@](C)(C2)[C@H]1NS(=O)(=O)c1ccc(-c2cc(C(F)(F)F)on2)s1. The molecule has 2 aromatic rings. The monoisotopic (exact) mass is 434 g/mol. The maximum Gasteiger partial charge on any atom is 0.452 e. The van der Waals surface area contributed by atoms with Gasteiger partial charge < -0.3 is 4.52 Å². The number of aromatic nitrogens is 1. The summed E-state index contributed by atoms with van der Waals surface area (Å²) in [6.45, 7) is 6.33. The highest BCUT2D eigenvalue weighted by Crippen LogP contribution is 2.62. The third-order valence-corrected chi connectivity index (χ3v) is 9.45. The van der Waals surface area contributed by atoms with Crippen LogP contribution in [0.2, 0.25) is 0 Å². The topological polar surface area (TPSA) is 72.2 Å². The Balaban J connectivity index is 1.59. The van der Waals surface area contributed by atoms with Gasteiger partial charge in [0.15, 0.2) is 0 Å². The molecule has 1 N–H and O–H groups in total. The van der Waals surface area contributed by atoms with Crippen molar-refractivity contribution >= 4 is 21.4 Å². The summed E-state index contributed by atoms with van der Waals surface area (Å²) in [6.07, 6.45) is -1.54. The van der Waals surface area contributed by atoms with Gasteiger partial charge in [0.25, 0.3) is 0 Å². The second-order valence-electron chi connectivity index (χ2n) is 8.66. The number of rotatable bonds is 4. The highest BCUT2D eigenvalue weighted by Gasteiger charge is 2.60. The average Bonchev–Trinajstić information content (AvgIpc) is 3.31. The summed E-state index contributed by atoms with van der Waals surface area (Å²) in [4.78, 5) is 0.304. The Bertz CT molecular complexity index is 1000. The number of halogens is 3. The standard InChI is InChI=1S/C18H21F3N2O3S2/c1-16(2)10-6-7-17(3,9-10)15(16)23-28(24,25)14-5-4-12(27-14)11-8-13(26-22-11)18(19,20)21/h4-5,8,10,15,23H,6-7,9H2,1-3H3/t10-,15-,17-/m0/s1. The lowest BCUT2D eigenvalue weighted by Gasteiger charge is -2.42. The molecule has 0 spiro atoms. The molecule has 2 fully saturated rings. The number of hydrogen-bond acceptors (Lipinski definition) is 5. The number of sulfonamides is 1. The van der Waals surface area contributed by atoms with Crippen molar-refractivity contribution in [3.63, 3.8) is 0 Å². The fourth-order valence-electron chi connectivity index (χ4n) is 4.94. The lowest BCUT2D eigenvalue weighted by molar-refractivity contribution is -0.155. The predicted molar refractivity (Wildman–Crippen MR) is 98.2 cm³/mol. The third kappa shape index (κ3) is 3.09. The van der Waals surface area contributed by atoms with E-state index in [1.807, 2.05) is 0 Å². The molecule has 2 heterocycles. The lowest BCUT2D eigenvalue weighted by Crippen LogP contribution is -2.52. The lowest BCUT2D eigenvalue weighted by atomic mass is 9.69. The van der Waals surface area contributed by atoms with Crippen molar-refractivity contribution in [2.24, 2.45) is 16.7 Å². The van der Waals surface area contributed by atoms with Crippen LogP contribution in [0.25, 0.3) is 10.6 Å². The molecule has 5 nitrogen and oxygen atoms in total. The summed E-state index contributed by atoms with van der Waals surface area (Å²) < 4.78 is 71.3. The zero-order valence-corrected chi connectivity index (χ0v) is 17.3. The summed E-state index contributed by atoms with van der Waals surface area (Å²) in [5.41, 5.74) is -0.255. The number of hydrogen-bond donors (Lipinski definition) is 1. The molecule has 0 radical (unpaired) electrons. The Labute approximate surface area is 165 Å². The molecule has 0 saturated heterocycles. The molecule has 2 saturated carbocycles. The number of fused-ring (bicyclic) bond motifs is 2. The van der Waals surface area contributed by atoms with Crippen molar-refractivity contribution < 1.29 is 26.1 Å². The molecule has 3 atom stereocenters. The Morgan fingerprint density at radius 3 is 2.57 bits per heavy atom. The fraction of sp³-hybridized carbons (Fsp3) is 0.611. The maximum absolute atomic E-state index is 13.0. The summed E-state index contributed by atoms with van der Waals surface area (Å²) in [5.74, 6) is -0.727. The number of nitrogens with zero attached hydrogens (tertiary/aromatic N) is 1. The molecule has 0 aliphatic heterocycles. The van der Waals surface area contributed by atoms with Crippen LogP contribution in [0.4, 0.5) is 13.2 Å². The number of thiophene rings is 1. The van der Waals surface area contributed by atoms with Crippen LogP contribution in [0, 0.1) is 16.7 Å². The van der Waals surface area contributed by atoms with E-state index >= 15 is 0 Å². The minimum Gasteiger partial charge on any atom is -0.351 e. The largest absolute Gasteiger partial charge is 0.452 e. The van der Waals surface area contributed by atoms with Crippen molar-refractivity contribution in [3.8, 4) is 10.6 Å². The van der Waals surface area contributed by atoms with Crippen LogP contribution in [0.3, 0.4) is 0 Å². The van der Waals surface area contributed by atoms with E-state index < -0.39 is 22.0 Å². The smallest absolute Gasteiger partial charge is 0.351 e. The van der Waals surface area contributed by atoms with Crippen molar-refractivity contribution in [2.45, 2.75) is 56.5 Å². The minimum absolute atomic E-state index is 0.0361. The van der Waals surface area contributed by atoms with E-state index in [-0.39, 0.29) is 26.8 Å². The summed E-state index contributed by atoms with van der Waals surface area (Å²) in [7, 11) is -3.80. The molecule has 154 valence electrons. The van der Waals surface area contributed by atoms with Crippen LogP contribution in [0.15, 0.2) is 26.9 Å². The quantitative estimate of drug-likeness (QED) is 0.742. The van der Waals surface area contributed by atoms with E-state index in [1.165, 1.54) is 12.1 Å². The second kappa shape index (κ2) is 6.06. The Hall–Kier alpha value is -1.39. The van der Waals surface area contributed by atoms with Gasteiger partial charge in [0.1, 0.15) is 9.90 Å².